The van der Waals surface area contributed by atoms with Crippen LogP contribution < -0.4 is 5.43 Å². The Morgan fingerprint density at radius 2 is 2.20 bits per heavy atom. The summed E-state index contributed by atoms with van der Waals surface area (Å²) in [7, 11) is 0. The Bertz CT molecular complexity index is 604. The first-order valence-electron chi connectivity index (χ1n) is 4.27. The van der Waals surface area contributed by atoms with Crippen LogP contribution in [-0.4, -0.2) is 15.8 Å². The number of pyridine rings is 2. The van der Waals surface area contributed by atoms with Gasteiger partial charge in [0.25, 0.3) is 0 Å². The molecule has 4 nitrogen and oxygen atoms in total. The van der Waals surface area contributed by atoms with Crippen LogP contribution in [0.3, 0.4) is 0 Å². The molecule has 0 aromatic carbocycles. The molecule has 0 aliphatic rings. The smallest absolute Gasteiger partial charge is 0.201 e. The minimum Gasteiger partial charge on any atom is -0.359 e. The highest BCUT2D eigenvalue weighted by Crippen LogP contribution is 2.17. The number of carbonyl (C=O) groups excluding carboxylic acids is 1. The highest BCUT2D eigenvalue weighted by Gasteiger charge is 2.10. The second kappa shape index (κ2) is 3.58. The number of aromatic nitrogens is 2. The molecule has 0 fully saturated rings. The van der Waals surface area contributed by atoms with Crippen molar-refractivity contribution in [2.75, 3.05) is 0 Å². The molecule has 0 aliphatic heterocycles. The molecule has 1 N–H and O–H groups in total. The monoisotopic (exact) mass is 266 g/mol. The van der Waals surface area contributed by atoms with Crippen molar-refractivity contribution < 1.29 is 4.79 Å². The van der Waals surface area contributed by atoms with Gasteiger partial charge >= 0.3 is 0 Å². The molecule has 76 valence electrons. The van der Waals surface area contributed by atoms with Crippen molar-refractivity contribution in [1.29, 1.82) is 0 Å². The zero-order valence-electron chi connectivity index (χ0n) is 7.87. The van der Waals surface area contributed by atoms with E-state index in [-0.39, 0.29) is 16.8 Å². The summed E-state index contributed by atoms with van der Waals surface area (Å²) in [5, 5.41) is 0.414. The molecule has 2 rings (SSSR count). The summed E-state index contributed by atoms with van der Waals surface area (Å²) in [5.74, 6) is -0.252. The number of nitrogens with zero attached hydrogens (tertiary/aromatic N) is 1. The first kappa shape index (κ1) is 10.0. The van der Waals surface area contributed by atoms with E-state index in [1.807, 2.05) is 0 Å². The third-order valence-electron chi connectivity index (χ3n) is 2.13. The number of aromatic amines is 1. The molecule has 0 bridgehead atoms. The molecule has 5 heteroatoms. The van der Waals surface area contributed by atoms with E-state index in [4.69, 9.17) is 0 Å². The maximum atomic E-state index is 11.8. The van der Waals surface area contributed by atoms with E-state index in [9.17, 15) is 9.59 Å². The first-order valence-corrected chi connectivity index (χ1v) is 5.06. The standard InChI is InChI=1S/C10H7BrN2O2/c1-5(14)6-3-13-9-7(10(6)15)2-12-4-8(9)11/h2-4H,1H3,(H,13,15). The van der Waals surface area contributed by atoms with Crippen molar-refractivity contribution in [2.24, 2.45) is 0 Å². The van der Waals surface area contributed by atoms with Gasteiger partial charge < -0.3 is 4.98 Å². The Morgan fingerprint density at radius 1 is 1.47 bits per heavy atom. The second-order valence-electron chi connectivity index (χ2n) is 3.13. The minimum absolute atomic E-state index is 0.155. The number of nitrogens with one attached hydrogen (secondary N) is 1. The Hall–Kier alpha value is -1.49. The molecular weight excluding hydrogens is 260 g/mol. The summed E-state index contributed by atoms with van der Waals surface area (Å²) in [6.45, 7) is 1.36. The lowest BCUT2D eigenvalue weighted by Gasteiger charge is -2.01. The summed E-state index contributed by atoms with van der Waals surface area (Å²) in [6.07, 6.45) is 4.47. The highest BCUT2D eigenvalue weighted by molar-refractivity contribution is 9.10. The molecule has 0 unspecified atom stereocenters. The van der Waals surface area contributed by atoms with Gasteiger partial charge in [-0.15, -0.1) is 0 Å². The molecule has 0 radical (unpaired) electrons. The highest BCUT2D eigenvalue weighted by atomic mass is 79.9. The largest absolute Gasteiger partial charge is 0.359 e. The normalized spacial score (nSPS) is 10.5. The van der Waals surface area contributed by atoms with Crippen molar-refractivity contribution >= 4 is 32.6 Å². The Kier molecular flexibility index (Phi) is 2.40. The van der Waals surface area contributed by atoms with E-state index in [2.05, 4.69) is 25.9 Å². The number of fused-ring (bicyclic) bond motifs is 1. The Balaban J connectivity index is 2.92. The molecule has 0 saturated heterocycles. The average molecular weight is 267 g/mol. The third-order valence-corrected chi connectivity index (χ3v) is 2.73. The first-order chi connectivity index (χ1) is 7.11. The summed E-state index contributed by atoms with van der Waals surface area (Å²) in [4.78, 5) is 29.8. The molecule has 0 spiro atoms. The van der Waals surface area contributed by atoms with Crippen LogP contribution in [0.5, 0.6) is 0 Å². The van der Waals surface area contributed by atoms with E-state index in [0.717, 1.165) is 0 Å². The Labute approximate surface area is 93.5 Å². The van der Waals surface area contributed by atoms with E-state index >= 15 is 0 Å². The van der Waals surface area contributed by atoms with Gasteiger partial charge in [-0.3, -0.25) is 14.6 Å². The van der Waals surface area contributed by atoms with Gasteiger partial charge in [-0.2, -0.15) is 0 Å². The van der Waals surface area contributed by atoms with Crippen molar-refractivity contribution in [1.82, 2.24) is 9.97 Å². The maximum absolute atomic E-state index is 11.8. The molecule has 15 heavy (non-hydrogen) atoms. The lowest BCUT2D eigenvalue weighted by atomic mass is 10.1. The lowest BCUT2D eigenvalue weighted by molar-refractivity contribution is 0.101. The predicted octanol–water partition coefficient (Wildman–Crippen LogP) is 1.89. The zero-order chi connectivity index (χ0) is 11.0. The Morgan fingerprint density at radius 3 is 2.87 bits per heavy atom. The van der Waals surface area contributed by atoms with Gasteiger partial charge in [0.2, 0.25) is 5.43 Å². The molecule has 2 aromatic heterocycles. The number of Topliss-reactive ketones (excluding diaryl/α,β-unsaturated/α-hetero) is 1. The summed E-state index contributed by atoms with van der Waals surface area (Å²) >= 11 is 3.28. The van der Waals surface area contributed by atoms with Crippen LogP contribution in [0, 0.1) is 0 Å². The van der Waals surface area contributed by atoms with Gasteiger partial charge in [0.15, 0.2) is 5.78 Å². The predicted molar refractivity (Wildman–Crippen MR) is 60.1 cm³/mol. The SMILES string of the molecule is CC(=O)c1c[nH]c2c(Br)cncc2c1=O. The number of H-pyrrole nitrogens is 1. The third kappa shape index (κ3) is 1.59. The molecule has 2 heterocycles. The summed E-state index contributed by atoms with van der Waals surface area (Å²) < 4.78 is 0.701. The van der Waals surface area contributed by atoms with Gasteiger partial charge in [-0.1, -0.05) is 0 Å². The molecule has 0 atom stereocenters. The maximum Gasteiger partial charge on any atom is 0.201 e. The van der Waals surface area contributed by atoms with E-state index in [1.54, 1.807) is 6.20 Å². The van der Waals surface area contributed by atoms with Crippen LogP contribution in [0.15, 0.2) is 27.9 Å². The number of hydrogen-bond acceptors (Lipinski definition) is 3. The number of hydrogen-bond donors (Lipinski definition) is 1. The van der Waals surface area contributed by atoms with Crippen LogP contribution in [0.1, 0.15) is 17.3 Å². The van der Waals surface area contributed by atoms with Gasteiger partial charge in [-0.05, 0) is 22.9 Å². The molecular formula is C10H7BrN2O2. The molecule has 0 amide bonds. The van der Waals surface area contributed by atoms with Crippen LogP contribution in [0.4, 0.5) is 0 Å². The molecule has 0 aliphatic carbocycles. The zero-order valence-corrected chi connectivity index (χ0v) is 9.46. The fourth-order valence-electron chi connectivity index (χ4n) is 1.37. The van der Waals surface area contributed by atoms with Gasteiger partial charge in [0.1, 0.15) is 0 Å². The fourth-order valence-corrected chi connectivity index (χ4v) is 1.82. The average Bonchev–Trinajstić information content (AvgIpc) is 2.19. The van der Waals surface area contributed by atoms with Crippen molar-refractivity contribution in [3.8, 4) is 0 Å². The molecule has 2 aromatic rings. The summed E-state index contributed by atoms with van der Waals surface area (Å²) in [5.41, 5.74) is 0.521. The lowest BCUT2D eigenvalue weighted by Crippen LogP contribution is -2.13. The van der Waals surface area contributed by atoms with E-state index < -0.39 is 0 Å². The van der Waals surface area contributed by atoms with E-state index in [0.29, 0.717) is 15.4 Å². The fraction of sp³-hybridized carbons (Fsp3) is 0.100. The number of ketones is 1. The van der Waals surface area contributed by atoms with Gasteiger partial charge in [0, 0.05) is 18.6 Å². The van der Waals surface area contributed by atoms with Crippen LogP contribution in [-0.2, 0) is 0 Å². The van der Waals surface area contributed by atoms with Crippen molar-refractivity contribution in [2.45, 2.75) is 6.92 Å². The van der Waals surface area contributed by atoms with Crippen LogP contribution in [0.2, 0.25) is 0 Å². The van der Waals surface area contributed by atoms with Crippen molar-refractivity contribution in [3.63, 3.8) is 0 Å². The van der Waals surface area contributed by atoms with Crippen LogP contribution >= 0.6 is 15.9 Å². The molecule has 0 saturated carbocycles. The van der Waals surface area contributed by atoms with Gasteiger partial charge in [0.05, 0.1) is 20.9 Å². The quantitative estimate of drug-likeness (QED) is 0.802. The van der Waals surface area contributed by atoms with Crippen molar-refractivity contribution in [3.05, 3.63) is 38.9 Å². The minimum atomic E-state index is -0.287. The number of rotatable bonds is 1. The topological polar surface area (TPSA) is 62.8 Å². The second-order valence-corrected chi connectivity index (χ2v) is 3.99. The van der Waals surface area contributed by atoms with Gasteiger partial charge in [-0.25, -0.2) is 0 Å². The number of carbonyl (C=O) groups is 1. The number of halogens is 1. The summed E-state index contributed by atoms with van der Waals surface area (Å²) in [6, 6.07) is 0. The van der Waals surface area contributed by atoms with Crippen LogP contribution in [0.25, 0.3) is 10.9 Å². The van der Waals surface area contributed by atoms with E-state index in [1.165, 1.54) is 19.3 Å².